The van der Waals surface area contributed by atoms with Crippen LogP contribution in [0.4, 0.5) is 34.1 Å². The first-order valence-corrected chi connectivity index (χ1v) is 34.9. The number of benzene rings is 12. The Balaban J connectivity index is 0.927. The number of para-hydroxylation sites is 1. The maximum Gasteiger partial charge on any atom is 0.132 e. The third-order valence-electron chi connectivity index (χ3n) is 20.5. The summed E-state index contributed by atoms with van der Waals surface area (Å²) < 4.78 is 7.39. The van der Waals surface area contributed by atoms with Crippen molar-refractivity contribution in [1.29, 1.82) is 0 Å². The molecule has 2 unspecified atom stereocenters. The molecular weight excluding hydrogens is 1190 g/mol. The van der Waals surface area contributed by atoms with Crippen LogP contribution in [0.15, 0.2) is 249 Å². The molecule has 0 fully saturated rings. The van der Waals surface area contributed by atoms with Gasteiger partial charge in [-0.1, -0.05) is 193 Å². The maximum atomic E-state index is 6.81. The van der Waals surface area contributed by atoms with Gasteiger partial charge in [-0.3, -0.25) is 0 Å². The monoisotopic (exact) mass is 1280 g/mol. The molecule has 0 bridgehead atoms. The van der Waals surface area contributed by atoms with Gasteiger partial charge in [0.25, 0.3) is 0 Å². The van der Waals surface area contributed by atoms with Crippen molar-refractivity contribution in [2.24, 2.45) is 11.5 Å². The van der Waals surface area contributed by atoms with Crippen LogP contribution in [-0.4, -0.2) is 21.5 Å². The van der Waals surface area contributed by atoms with Crippen molar-refractivity contribution >= 4 is 118 Å². The summed E-state index contributed by atoms with van der Waals surface area (Å²) in [4.78, 5) is 4.85. The molecule has 0 spiro atoms. The van der Waals surface area contributed by atoms with Gasteiger partial charge in [-0.2, -0.15) is 0 Å². The lowest BCUT2D eigenvalue weighted by Crippen LogP contribution is -2.33. The Hall–Kier alpha value is -10.1. The number of nitrogens with two attached hydrogens (primary N) is 2. The molecule has 0 amide bonds. The highest BCUT2D eigenvalue weighted by atomic mass is 15.2. The first kappa shape index (κ1) is 63.9. The summed E-state index contributed by atoms with van der Waals surface area (Å²) in [5.74, 6) is 0. The molecular formula is C90H90BN7. The molecule has 98 heavy (non-hydrogen) atoms. The van der Waals surface area contributed by atoms with Crippen LogP contribution in [0.5, 0.6) is 0 Å². The topological polar surface area (TPSA) is 73.3 Å². The maximum absolute atomic E-state index is 6.81. The minimum absolute atomic E-state index is 0.0119. The molecule has 0 saturated carbocycles. The van der Waals surface area contributed by atoms with Gasteiger partial charge in [0, 0.05) is 94.7 Å². The lowest BCUT2D eigenvalue weighted by atomic mass is 9.75. The van der Waals surface area contributed by atoms with Crippen molar-refractivity contribution in [2.75, 3.05) is 9.80 Å². The fourth-order valence-electron chi connectivity index (χ4n) is 14.9. The van der Waals surface area contributed by atoms with E-state index in [1.165, 1.54) is 71.3 Å². The zero-order valence-corrected chi connectivity index (χ0v) is 59.6. The van der Waals surface area contributed by atoms with Crippen LogP contribution < -0.4 is 21.3 Å². The number of fused-ring (bicyclic) bond motifs is 11. The average Bonchev–Trinajstić information content (AvgIpc) is 1.57. The molecule has 0 aliphatic rings. The lowest BCUT2D eigenvalue weighted by molar-refractivity contribution is 0.590. The standard InChI is InChI=1S/C90H90BN7/c1-56(92)57-29-37-64(38-30-57)94(66-23-18-25-68(53-66)97-79-44-33-59(86(2,3)4)49-74(79)75-50-60(87(5,6)7)34-45-80(75)97)70-41-42-73-84(55-70)96(63-21-16-15-17-22-63)83-48-43-71-72(85(73)83)27-20-28-78(71)95(65-39-31-58(32-40-65)90(14,91)93)67-24-19-26-69(54-67)98-81-46-35-61(88(8,9)10)51-76(81)77-52-62(89(11,12)13)36-47-82(77)98/h15-56H,91-93H2,1-14H3. The van der Waals surface area contributed by atoms with Crippen molar-refractivity contribution in [1.82, 2.24) is 13.7 Å². The first-order chi connectivity index (χ1) is 46.6. The molecule has 2 atom stereocenters. The molecule has 15 aromatic rings. The van der Waals surface area contributed by atoms with Crippen LogP contribution in [0, 0.1) is 0 Å². The van der Waals surface area contributed by atoms with E-state index in [2.05, 4.69) is 370 Å². The molecule has 15 rings (SSSR count). The number of nitrogens with zero attached hydrogens (tertiary/aromatic N) is 5. The van der Waals surface area contributed by atoms with Crippen molar-refractivity contribution in [3.63, 3.8) is 0 Å². The summed E-state index contributed by atoms with van der Waals surface area (Å²) >= 11 is 0. The Kier molecular flexibility index (Phi) is 15.2. The van der Waals surface area contributed by atoms with E-state index in [4.69, 9.17) is 11.5 Å². The smallest absolute Gasteiger partial charge is 0.132 e. The minimum atomic E-state index is -0.520. The van der Waals surface area contributed by atoms with Gasteiger partial charge in [0.1, 0.15) is 7.85 Å². The lowest BCUT2D eigenvalue weighted by Gasteiger charge is -2.28. The van der Waals surface area contributed by atoms with Gasteiger partial charge in [0.15, 0.2) is 0 Å². The summed E-state index contributed by atoms with van der Waals surface area (Å²) in [6, 6.07) is 93.5. The highest BCUT2D eigenvalue weighted by Gasteiger charge is 2.28. The van der Waals surface area contributed by atoms with E-state index in [-0.39, 0.29) is 27.7 Å². The van der Waals surface area contributed by atoms with Gasteiger partial charge >= 0.3 is 0 Å². The molecule has 0 radical (unpaired) electrons. The summed E-state index contributed by atoms with van der Waals surface area (Å²) in [5.41, 5.74) is 36.7. The molecule has 0 aliphatic heterocycles. The predicted octanol–water partition coefficient (Wildman–Crippen LogP) is 23.0. The summed E-state index contributed by atoms with van der Waals surface area (Å²) in [7, 11) is 2.07. The summed E-state index contributed by atoms with van der Waals surface area (Å²) in [5, 5.41) is 9.68. The van der Waals surface area contributed by atoms with E-state index in [0.29, 0.717) is 0 Å². The van der Waals surface area contributed by atoms with E-state index in [1.54, 1.807) is 0 Å². The van der Waals surface area contributed by atoms with E-state index >= 15 is 0 Å². The van der Waals surface area contributed by atoms with Gasteiger partial charge in [-0.15, -0.1) is 0 Å². The van der Waals surface area contributed by atoms with E-state index in [0.717, 1.165) is 89.5 Å². The Morgan fingerprint density at radius 3 is 1.14 bits per heavy atom. The third kappa shape index (κ3) is 11.1. The van der Waals surface area contributed by atoms with Crippen LogP contribution in [-0.2, 0) is 27.1 Å². The Labute approximate surface area is 579 Å². The summed E-state index contributed by atoms with van der Waals surface area (Å²) in [6.45, 7) is 31.8. The SMILES string of the molecule is BC(C)(N)c1ccc(N(c2cccc(-n3c4ccc(C(C)(C)C)cc4c4cc(C(C)(C)C)ccc43)c2)c2cccc3c2ccc2c3c3ccc(N(c4ccc(C(C)N)cc4)c4cccc(-n5c6ccc(C(C)(C)C)cc6c6cc(C(C)(C)C)ccc65)c4)cc3n2-c2ccccc2)cc1. The van der Waals surface area contributed by atoms with Gasteiger partial charge in [0.05, 0.1) is 38.8 Å². The molecule has 12 aromatic carbocycles. The molecule has 8 heteroatoms. The van der Waals surface area contributed by atoms with Crippen molar-refractivity contribution in [3.05, 3.63) is 282 Å². The second-order valence-corrected chi connectivity index (χ2v) is 32.2. The molecule has 7 nitrogen and oxygen atoms in total. The molecule has 3 heterocycles. The second kappa shape index (κ2) is 23.3. The third-order valence-corrected chi connectivity index (χ3v) is 20.5. The Morgan fingerprint density at radius 1 is 0.306 bits per heavy atom. The van der Waals surface area contributed by atoms with Crippen molar-refractivity contribution in [3.8, 4) is 17.1 Å². The fraction of sp³-hybridized carbons (Fsp3) is 0.222. The predicted molar refractivity (Wildman–Crippen MR) is 424 cm³/mol. The average molecular weight is 1280 g/mol. The zero-order chi connectivity index (χ0) is 68.7. The second-order valence-electron chi connectivity index (χ2n) is 32.2. The molecule has 4 N–H and O–H groups in total. The number of rotatable bonds is 11. The fourth-order valence-corrected chi connectivity index (χ4v) is 14.9. The van der Waals surface area contributed by atoms with E-state index in [9.17, 15) is 0 Å². The molecule has 3 aromatic heterocycles. The Bertz CT molecular complexity index is 5470. The summed E-state index contributed by atoms with van der Waals surface area (Å²) in [6.07, 6.45) is 0. The molecule has 0 aliphatic carbocycles. The molecule has 488 valence electrons. The highest BCUT2D eigenvalue weighted by molar-refractivity contribution is 6.24. The van der Waals surface area contributed by atoms with Gasteiger partial charge < -0.3 is 35.0 Å². The number of hydrogen-bond donors (Lipinski definition) is 2. The van der Waals surface area contributed by atoms with Crippen LogP contribution in [0.1, 0.15) is 136 Å². The van der Waals surface area contributed by atoms with Crippen molar-refractivity contribution < 1.29 is 0 Å². The zero-order valence-electron chi connectivity index (χ0n) is 59.6. The largest absolute Gasteiger partial charge is 0.329 e. The quantitative estimate of drug-likeness (QED) is 0.127. The van der Waals surface area contributed by atoms with Crippen molar-refractivity contribution in [2.45, 2.75) is 130 Å². The minimum Gasteiger partial charge on any atom is -0.329 e. The number of aromatic nitrogens is 3. The first-order valence-electron chi connectivity index (χ1n) is 34.9. The van der Waals surface area contributed by atoms with Crippen LogP contribution >= 0.6 is 0 Å². The number of hydrogen-bond acceptors (Lipinski definition) is 4. The van der Waals surface area contributed by atoms with Gasteiger partial charge in [0.2, 0.25) is 0 Å². The van der Waals surface area contributed by atoms with Gasteiger partial charge in [-0.05, 0) is 213 Å². The van der Waals surface area contributed by atoms with Gasteiger partial charge in [-0.25, -0.2) is 0 Å². The van der Waals surface area contributed by atoms with Crippen LogP contribution in [0.2, 0.25) is 0 Å². The number of anilines is 6. The van der Waals surface area contributed by atoms with E-state index < -0.39 is 5.44 Å². The normalized spacial score (nSPS) is 13.6. The van der Waals surface area contributed by atoms with E-state index in [1.807, 2.05) is 6.92 Å². The van der Waals surface area contributed by atoms with Crippen LogP contribution in [0.25, 0.3) is 93.3 Å². The molecule has 0 saturated heterocycles. The van der Waals surface area contributed by atoms with Crippen LogP contribution in [0.3, 0.4) is 0 Å². The Morgan fingerprint density at radius 2 is 0.684 bits per heavy atom. The highest BCUT2D eigenvalue weighted by Crippen LogP contribution is 2.48.